The summed E-state index contributed by atoms with van der Waals surface area (Å²) in [7, 11) is -4.59. The third-order valence-corrected chi connectivity index (χ3v) is 7.03. The maximum absolute atomic E-state index is 14.9. The fraction of sp³-hybridized carbons (Fsp3) is 0.238. The Morgan fingerprint density at radius 2 is 1.85 bits per heavy atom. The Bertz CT molecular complexity index is 1250. The van der Waals surface area contributed by atoms with E-state index in [1.807, 2.05) is 0 Å². The molecular weight excluding hydrogens is 502 g/mol. The van der Waals surface area contributed by atoms with Gasteiger partial charge in [0.05, 0.1) is 4.90 Å². The molecule has 3 rings (SSSR count). The number of carbonyl (C=O) groups excluding carboxylic acids is 1. The molecule has 0 unspecified atom stereocenters. The molecule has 1 heterocycles. The van der Waals surface area contributed by atoms with Crippen molar-refractivity contribution in [3.8, 4) is 11.3 Å². The van der Waals surface area contributed by atoms with Crippen molar-refractivity contribution >= 4 is 27.5 Å². The van der Waals surface area contributed by atoms with Gasteiger partial charge in [-0.1, -0.05) is 23.7 Å². The number of carbonyl (C=O) groups is 1. The van der Waals surface area contributed by atoms with Gasteiger partial charge in [-0.05, 0) is 36.8 Å². The summed E-state index contributed by atoms with van der Waals surface area (Å²) in [5.41, 5.74) is 5.75. The molecule has 1 amide bonds. The number of alkyl halides is 3. The predicted octanol–water partition coefficient (Wildman–Crippen LogP) is 4.52. The van der Waals surface area contributed by atoms with Crippen molar-refractivity contribution in [2.75, 3.05) is 0 Å². The average Bonchev–Trinajstić information content (AvgIpc) is 3.28. The third-order valence-electron chi connectivity index (χ3n) is 4.90. The molecule has 0 aliphatic carbocycles. The Hall–Kier alpha value is -2.96. The second-order valence-electron chi connectivity index (χ2n) is 7.26. The SMILES string of the molecule is NC(=O)[C@@H](CCC(F)(F)F)N(Cc1ccc(-c2cocn2)cc1F)S(=O)(=O)c1ccc(Cl)cc1. The van der Waals surface area contributed by atoms with Crippen LogP contribution in [0.3, 0.4) is 0 Å². The first-order valence-electron chi connectivity index (χ1n) is 9.69. The first kappa shape index (κ1) is 25.7. The highest BCUT2D eigenvalue weighted by Gasteiger charge is 2.38. The molecule has 2 N–H and O–H groups in total. The van der Waals surface area contributed by atoms with Gasteiger partial charge in [-0.15, -0.1) is 0 Å². The highest BCUT2D eigenvalue weighted by molar-refractivity contribution is 7.89. The number of nitrogens with zero attached hydrogens (tertiary/aromatic N) is 2. The lowest BCUT2D eigenvalue weighted by Crippen LogP contribution is -2.48. The molecule has 0 radical (unpaired) electrons. The number of oxazole rings is 1. The van der Waals surface area contributed by atoms with Gasteiger partial charge in [0, 0.05) is 29.1 Å². The minimum atomic E-state index is -4.67. The van der Waals surface area contributed by atoms with E-state index in [1.165, 1.54) is 30.5 Å². The lowest BCUT2D eigenvalue weighted by Gasteiger charge is -2.29. The zero-order chi connectivity index (χ0) is 25.1. The molecule has 34 heavy (non-hydrogen) atoms. The summed E-state index contributed by atoms with van der Waals surface area (Å²) < 4.78 is 85.5. The second-order valence-corrected chi connectivity index (χ2v) is 9.58. The van der Waals surface area contributed by atoms with Crippen molar-refractivity contribution in [2.24, 2.45) is 5.73 Å². The minimum absolute atomic E-state index is 0.192. The van der Waals surface area contributed by atoms with E-state index in [4.69, 9.17) is 21.8 Å². The van der Waals surface area contributed by atoms with E-state index in [-0.39, 0.29) is 15.5 Å². The van der Waals surface area contributed by atoms with Crippen LogP contribution in [0.1, 0.15) is 18.4 Å². The summed E-state index contributed by atoms with van der Waals surface area (Å²) in [5, 5.41) is 0.212. The summed E-state index contributed by atoms with van der Waals surface area (Å²) in [6.07, 6.45) is -4.68. The van der Waals surface area contributed by atoms with Crippen LogP contribution < -0.4 is 5.73 Å². The van der Waals surface area contributed by atoms with Gasteiger partial charge >= 0.3 is 6.18 Å². The van der Waals surface area contributed by atoms with E-state index in [2.05, 4.69) is 4.98 Å². The summed E-state index contributed by atoms with van der Waals surface area (Å²) in [6, 6.07) is 6.60. The molecule has 7 nitrogen and oxygen atoms in total. The molecule has 0 saturated carbocycles. The molecule has 1 aromatic heterocycles. The van der Waals surface area contributed by atoms with E-state index in [0.717, 1.165) is 24.6 Å². The van der Waals surface area contributed by atoms with Crippen molar-refractivity contribution in [3.05, 3.63) is 71.5 Å². The smallest absolute Gasteiger partial charge is 0.389 e. The first-order valence-corrected chi connectivity index (χ1v) is 11.5. The highest BCUT2D eigenvalue weighted by Crippen LogP contribution is 2.30. The second kappa shape index (κ2) is 10.1. The number of nitrogens with two attached hydrogens (primary N) is 1. The van der Waals surface area contributed by atoms with Crippen LogP contribution in [0.4, 0.5) is 17.6 Å². The van der Waals surface area contributed by atoms with Crippen LogP contribution in [0.15, 0.2) is 64.4 Å². The zero-order valence-electron chi connectivity index (χ0n) is 17.3. The molecule has 3 aromatic rings. The number of benzene rings is 2. The van der Waals surface area contributed by atoms with E-state index in [1.54, 1.807) is 0 Å². The van der Waals surface area contributed by atoms with Crippen LogP contribution in [0.5, 0.6) is 0 Å². The predicted molar refractivity (Wildman–Crippen MR) is 114 cm³/mol. The molecule has 0 aliphatic rings. The normalized spacial score (nSPS) is 13.2. The van der Waals surface area contributed by atoms with Gasteiger partial charge in [0.25, 0.3) is 0 Å². The van der Waals surface area contributed by atoms with E-state index in [9.17, 15) is 30.8 Å². The van der Waals surface area contributed by atoms with Crippen molar-refractivity contribution in [2.45, 2.75) is 36.5 Å². The Morgan fingerprint density at radius 1 is 1.18 bits per heavy atom. The molecule has 1 atom stereocenters. The van der Waals surface area contributed by atoms with Crippen LogP contribution >= 0.6 is 11.6 Å². The van der Waals surface area contributed by atoms with Gasteiger partial charge in [0.2, 0.25) is 15.9 Å². The fourth-order valence-electron chi connectivity index (χ4n) is 3.19. The Kier molecular flexibility index (Phi) is 7.64. The summed E-state index contributed by atoms with van der Waals surface area (Å²) in [6.45, 7) is -0.749. The summed E-state index contributed by atoms with van der Waals surface area (Å²) in [5.74, 6) is -2.17. The first-order chi connectivity index (χ1) is 15.9. The Morgan fingerprint density at radius 3 is 2.38 bits per heavy atom. The van der Waals surface area contributed by atoms with E-state index < -0.39 is 53.4 Å². The number of amides is 1. The number of hydrogen-bond donors (Lipinski definition) is 1. The quantitative estimate of drug-likeness (QED) is 0.418. The maximum Gasteiger partial charge on any atom is 0.389 e. The Balaban J connectivity index is 2.03. The third kappa shape index (κ3) is 6.13. The average molecular weight is 520 g/mol. The van der Waals surface area contributed by atoms with Crippen molar-refractivity contribution < 1.29 is 35.2 Å². The van der Waals surface area contributed by atoms with Gasteiger partial charge in [0.15, 0.2) is 6.39 Å². The number of rotatable bonds is 9. The molecule has 2 aromatic carbocycles. The molecule has 0 fully saturated rings. The van der Waals surface area contributed by atoms with Crippen LogP contribution in [-0.4, -0.2) is 35.8 Å². The molecule has 0 saturated heterocycles. The highest BCUT2D eigenvalue weighted by atomic mass is 35.5. The monoisotopic (exact) mass is 519 g/mol. The van der Waals surface area contributed by atoms with Crippen molar-refractivity contribution in [1.29, 1.82) is 0 Å². The molecule has 182 valence electrons. The van der Waals surface area contributed by atoms with Gasteiger partial charge in [-0.3, -0.25) is 4.79 Å². The summed E-state index contributed by atoms with van der Waals surface area (Å²) in [4.78, 5) is 15.6. The van der Waals surface area contributed by atoms with Crippen LogP contribution in [0, 0.1) is 5.82 Å². The number of hydrogen-bond acceptors (Lipinski definition) is 5. The molecule has 13 heteroatoms. The van der Waals surface area contributed by atoms with Gasteiger partial charge in [0.1, 0.15) is 23.8 Å². The molecule has 0 spiro atoms. The van der Waals surface area contributed by atoms with Crippen LogP contribution in [0.2, 0.25) is 5.02 Å². The van der Waals surface area contributed by atoms with Crippen LogP contribution in [0.25, 0.3) is 11.3 Å². The van der Waals surface area contributed by atoms with Crippen LogP contribution in [-0.2, 0) is 21.4 Å². The Labute approximate surface area is 197 Å². The maximum atomic E-state index is 14.9. The lowest BCUT2D eigenvalue weighted by molar-refractivity contribution is -0.140. The fourth-order valence-corrected chi connectivity index (χ4v) is 4.92. The van der Waals surface area contributed by atoms with E-state index in [0.29, 0.717) is 15.6 Å². The minimum Gasteiger partial charge on any atom is -0.451 e. The number of aromatic nitrogens is 1. The molecule has 0 bridgehead atoms. The standard InChI is InChI=1S/C21H18ClF4N3O4S/c22-15-3-5-16(6-4-15)34(31,32)29(19(20(27)30)7-8-21(24,25)26)10-14-2-1-13(9-17(14)23)18-11-33-12-28-18/h1-6,9,11-12,19H,7-8,10H2,(H2,27,30)/t19-/m1/s1. The zero-order valence-corrected chi connectivity index (χ0v) is 18.9. The number of sulfonamides is 1. The van der Waals surface area contributed by atoms with E-state index >= 15 is 0 Å². The van der Waals surface area contributed by atoms with Crippen molar-refractivity contribution in [3.63, 3.8) is 0 Å². The van der Waals surface area contributed by atoms with Gasteiger partial charge in [-0.2, -0.15) is 17.5 Å². The molecular formula is C21H18ClF4N3O4S. The number of halogens is 5. The van der Waals surface area contributed by atoms with Gasteiger partial charge in [-0.25, -0.2) is 17.8 Å². The van der Waals surface area contributed by atoms with Crippen molar-refractivity contribution in [1.82, 2.24) is 9.29 Å². The summed E-state index contributed by atoms with van der Waals surface area (Å²) >= 11 is 5.79. The number of primary amides is 1. The lowest BCUT2D eigenvalue weighted by atomic mass is 10.1. The molecule has 0 aliphatic heterocycles. The topological polar surface area (TPSA) is 106 Å². The largest absolute Gasteiger partial charge is 0.451 e. The van der Waals surface area contributed by atoms with Gasteiger partial charge < -0.3 is 10.2 Å².